The molecule has 0 aliphatic carbocycles. The number of fused-ring (bicyclic) bond motifs is 2. The van der Waals surface area contributed by atoms with E-state index in [1.54, 1.807) is 18.4 Å². The molecule has 2 aromatic carbocycles. The number of anilines is 1. The molecule has 2 aliphatic rings. The molecule has 0 amide bonds. The molecule has 2 aliphatic heterocycles. The molecule has 0 radical (unpaired) electrons. The summed E-state index contributed by atoms with van der Waals surface area (Å²) < 4.78 is 6.43. The Hall–Kier alpha value is -2.25. The monoisotopic (exact) mass is 424 g/mol. The fourth-order valence-electron chi connectivity index (χ4n) is 3.88. The summed E-state index contributed by atoms with van der Waals surface area (Å²) in [4.78, 5) is 12.0. The summed E-state index contributed by atoms with van der Waals surface area (Å²) in [5, 5.41) is 5.60. The topological polar surface area (TPSA) is 49.8 Å². The highest BCUT2D eigenvalue weighted by atomic mass is 32.2. The number of methoxy groups -OCH3 is 1. The van der Waals surface area contributed by atoms with E-state index < -0.39 is 0 Å². The molecule has 5 rings (SSSR count). The number of thioether (sulfide) groups is 1. The molecule has 1 aromatic heterocycles. The van der Waals surface area contributed by atoms with Crippen LogP contribution in [0.4, 0.5) is 10.8 Å². The van der Waals surface area contributed by atoms with E-state index in [-0.39, 0.29) is 0 Å². The summed E-state index contributed by atoms with van der Waals surface area (Å²) >= 11 is 3.56. The number of hydrogen-bond acceptors (Lipinski definition) is 6. The van der Waals surface area contributed by atoms with Crippen molar-refractivity contribution in [3.05, 3.63) is 48.0 Å². The fraction of sp³-hybridized carbons (Fsp3) is 0.364. The van der Waals surface area contributed by atoms with Crippen molar-refractivity contribution >= 4 is 49.3 Å². The Morgan fingerprint density at radius 3 is 3.00 bits per heavy atom. The quantitative estimate of drug-likeness (QED) is 0.592. The minimum atomic E-state index is 0.715. The normalized spacial score (nSPS) is 19.8. The van der Waals surface area contributed by atoms with Gasteiger partial charge >= 0.3 is 0 Å². The minimum Gasteiger partial charge on any atom is -0.497 e. The van der Waals surface area contributed by atoms with Crippen molar-refractivity contribution in [1.29, 1.82) is 0 Å². The van der Waals surface area contributed by atoms with E-state index in [1.165, 1.54) is 35.9 Å². The highest BCUT2D eigenvalue weighted by Crippen LogP contribution is 2.33. The number of thiazole rings is 1. The lowest BCUT2D eigenvalue weighted by Gasteiger charge is -2.16. The van der Waals surface area contributed by atoms with Crippen molar-refractivity contribution in [2.24, 2.45) is 4.99 Å². The highest BCUT2D eigenvalue weighted by Gasteiger charge is 2.33. The van der Waals surface area contributed by atoms with Crippen LogP contribution < -0.4 is 10.1 Å². The van der Waals surface area contributed by atoms with Gasteiger partial charge in [-0.25, -0.2) is 9.98 Å². The standard InChI is InChI=1S/C22H24N4OS2/c1-27-18-8-9-19-20(13-18)29-21(25-19)23-11-10-15-4-6-16(7-5-15)24-22-26-12-2-3-17(26)14-28-22/h4-9,13,17H,2-3,10-12,14H2,1H3,(H,23,25)/b24-22-/t17-/m0/s1. The molecule has 150 valence electrons. The average molecular weight is 425 g/mol. The second-order valence-corrected chi connectivity index (χ2v) is 9.41. The number of benzene rings is 2. The Morgan fingerprint density at radius 1 is 1.24 bits per heavy atom. The van der Waals surface area contributed by atoms with Gasteiger partial charge < -0.3 is 15.0 Å². The largest absolute Gasteiger partial charge is 0.497 e. The lowest BCUT2D eigenvalue weighted by Crippen LogP contribution is -2.27. The summed E-state index contributed by atoms with van der Waals surface area (Å²) in [5.74, 6) is 2.06. The van der Waals surface area contributed by atoms with Gasteiger partial charge in [0.05, 0.1) is 23.0 Å². The van der Waals surface area contributed by atoms with E-state index >= 15 is 0 Å². The summed E-state index contributed by atoms with van der Waals surface area (Å²) in [6.07, 6.45) is 3.58. The van der Waals surface area contributed by atoms with Crippen molar-refractivity contribution in [3.63, 3.8) is 0 Å². The second kappa shape index (κ2) is 8.24. The molecule has 5 nitrogen and oxygen atoms in total. The zero-order valence-electron chi connectivity index (χ0n) is 16.4. The maximum atomic E-state index is 5.29. The first-order chi connectivity index (χ1) is 14.3. The van der Waals surface area contributed by atoms with Crippen molar-refractivity contribution in [1.82, 2.24) is 9.88 Å². The molecule has 2 fully saturated rings. The summed E-state index contributed by atoms with van der Waals surface area (Å²) in [6, 6.07) is 15.3. The average Bonchev–Trinajstić information content (AvgIpc) is 3.45. The van der Waals surface area contributed by atoms with E-state index in [9.17, 15) is 0 Å². The van der Waals surface area contributed by atoms with Crippen LogP contribution in [0.5, 0.6) is 5.75 Å². The Labute approximate surface area is 179 Å². The summed E-state index contributed by atoms with van der Waals surface area (Å²) in [6.45, 7) is 2.02. The predicted molar refractivity (Wildman–Crippen MR) is 124 cm³/mol. The lowest BCUT2D eigenvalue weighted by molar-refractivity contribution is 0.415. The number of ether oxygens (including phenoxy) is 1. The van der Waals surface area contributed by atoms with Crippen LogP contribution in [0.3, 0.4) is 0 Å². The zero-order chi connectivity index (χ0) is 19.6. The number of aliphatic imine (C=N–C) groups is 1. The first kappa shape index (κ1) is 18.8. The van der Waals surface area contributed by atoms with Gasteiger partial charge in [-0.05, 0) is 55.2 Å². The van der Waals surface area contributed by atoms with Crippen molar-refractivity contribution in [2.45, 2.75) is 25.3 Å². The van der Waals surface area contributed by atoms with Gasteiger partial charge in [0.1, 0.15) is 5.75 Å². The lowest BCUT2D eigenvalue weighted by atomic mass is 10.1. The smallest absolute Gasteiger partial charge is 0.183 e. The molecular weight excluding hydrogens is 400 g/mol. The summed E-state index contributed by atoms with van der Waals surface area (Å²) in [7, 11) is 1.69. The maximum absolute atomic E-state index is 5.29. The Balaban J connectivity index is 1.17. The molecule has 0 spiro atoms. The van der Waals surface area contributed by atoms with E-state index in [0.29, 0.717) is 6.04 Å². The first-order valence-electron chi connectivity index (χ1n) is 10.0. The molecule has 0 unspecified atom stereocenters. The molecule has 0 bridgehead atoms. The SMILES string of the molecule is COc1ccc2nc(NCCc3ccc(/N=C4\SC[C@@H]5CCCN45)cc3)sc2c1. The number of aromatic nitrogens is 1. The van der Waals surface area contributed by atoms with Crippen molar-refractivity contribution in [2.75, 3.05) is 31.3 Å². The molecule has 0 saturated carbocycles. The Morgan fingerprint density at radius 2 is 2.14 bits per heavy atom. The van der Waals surface area contributed by atoms with Crippen LogP contribution in [0.15, 0.2) is 47.5 Å². The van der Waals surface area contributed by atoms with Crippen LogP contribution in [0.2, 0.25) is 0 Å². The van der Waals surface area contributed by atoms with Gasteiger partial charge in [0.2, 0.25) is 0 Å². The number of nitrogens with zero attached hydrogens (tertiary/aromatic N) is 3. The Kier molecular flexibility index (Phi) is 5.33. The zero-order valence-corrected chi connectivity index (χ0v) is 18.1. The van der Waals surface area contributed by atoms with Gasteiger partial charge in [-0.1, -0.05) is 35.2 Å². The van der Waals surface area contributed by atoms with Crippen LogP contribution in [0.25, 0.3) is 10.2 Å². The third kappa shape index (κ3) is 4.07. The van der Waals surface area contributed by atoms with Crippen molar-refractivity contribution in [3.8, 4) is 5.75 Å². The van der Waals surface area contributed by atoms with E-state index in [2.05, 4.69) is 39.5 Å². The third-order valence-corrected chi connectivity index (χ3v) is 7.59. The fourth-order valence-corrected chi connectivity index (χ4v) is 6.06. The predicted octanol–water partition coefficient (Wildman–Crippen LogP) is 5.16. The van der Waals surface area contributed by atoms with E-state index in [4.69, 9.17) is 9.73 Å². The number of rotatable bonds is 6. The van der Waals surface area contributed by atoms with Gasteiger partial charge in [0.15, 0.2) is 10.3 Å². The second-order valence-electron chi connectivity index (χ2n) is 7.39. The molecule has 29 heavy (non-hydrogen) atoms. The number of nitrogens with one attached hydrogen (secondary N) is 1. The molecule has 2 saturated heterocycles. The number of amidine groups is 1. The molecule has 1 N–H and O–H groups in total. The molecular formula is C22H24N4OS2. The molecule has 1 atom stereocenters. The molecule has 3 heterocycles. The Bertz CT molecular complexity index is 1030. The number of hydrogen-bond donors (Lipinski definition) is 1. The van der Waals surface area contributed by atoms with Crippen LogP contribution in [-0.2, 0) is 6.42 Å². The van der Waals surface area contributed by atoms with E-state index in [1.807, 2.05) is 30.0 Å². The summed E-state index contributed by atoms with van der Waals surface area (Å²) in [5.41, 5.74) is 3.37. The molecule has 3 aromatic rings. The minimum absolute atomic E-state index is 0.715. The van der Waals surface area contributed by atoms with Gasteiger partial charge in [-0.3, -0.25) is 0 Å². The van der Waals surface area contributed by atoms with Gasteiger partial charge in [-0.15, -0.1) is 0 Å². The van der Waals surface area contributed by atoms with Gasteiger partial charge in [-0.2, -0.15) is 0 Å². The van der Waals surface area contributed by atoms with Crippen molar-refractivity contribution < 1.29 is 4.74 Å². The maximum Gasteiger partial charge on any atom is 0.183 e. The van der Waals surface area contributed by atoms with E-state index in [0.717, 1.165) is 39.8 Å². The van der Waals surface area contributed by atoms with Gasteiger partial charge in [0, 0.05) is 24.9 Å². The van der Waals surface area contributed by atoms with Gasteiger partial charge in [0.25, 0.3) is 0 Å². The molecule has 7 heteroatoms. The third-order valence-electron chi connectivity index (χ3n) is 5.47. The first-order valence-corrected chi connectivity index (χ1v) is 11.8. The van der Waals surface area contributed by atoms with Crippen LogP contribution in [0, 0.1) is 0 Å². The van der Waals surface area contributed by atoms with Crippen LogP contribution in [0.1, 0.15) is 18.4 Å². The van der Waals surface area contributed by atoms with Crippen LogP contribution in [-0.4, -0.2) is 47.0 Å². The van der Waals surface area contributed by atoms with Crippen LogP contribution >= 0.6 is 23.1 Å². The highest BCUT2D eigenvalue weighted by molar-refractivity contribution is 8.14.